The summed E-state index contributed by atoms with van der Waals surface area (Å²) >= 11 is 0. The number of hydrogen-bond acceptors (Lipinski definition) is 4. The summed E-state index contributed by atoms with van der Waals surface area (Å²) in [6, 6.07) is 19.0. The average Bonchev–Trinajstić information content (AvgIpc) is 3.33. The SMILES string of the molecule is COc1ccccc1NC(=O)C1(c2cc(-c3ccccc3)on2)CC1. The summed E-state index contributed by atoms with van der Waals surface area (Å²) < 4.78 is 10.8. The highest BCUT2D eigenvalue weighted by Crippen LogP contribution is 2.49. The van der Waals surface area contributed by atoms with Crippen molar-refractivity contribution < 1.29 is 14.1 Å². The Labute approximate surface area is 145 Å². The molecule has 2 aromatic carbocycles. The summed E-state index contributed by atoms with van der Waals surface area (Å²) in [5, 5.41) is 7.13. The van der Waals surface area contributed by atoms with Gasteiger partial charge in [-0.2, -0.15) is 0 Å². The van der Waals surface area contributed by atoms with Crippen LogP contribution in [-0.2, 0) is 10.2 Å². The van der Waals surface area contributed by atoms with Gasteiger partial charge in [0.25, 0.3) is 0 Å². The molecular formula is C20H18N2O3. The highest BCUT2D eigenvalue weighted by Gasteiger charge is 2.54. The molecule has 0 aliphatic heterocycles. The molecule has 0 atom stereocenters. The first-order chi connectivity index (χ1) is 12.2. The highest BCUT2D eigenvalue weighted by atomic mass is 16.5. The molecule has 0 unspecified atom stereocenters. The number of anilines is 1. The Morgan fingerprint density at radius 3 is 2.56 bits per heavy atom. The molecule has 1 N–H and O–H groups in total. The van der Waals surface area contributed by atoms with Crippen molar-refractivity contribution in [2.45, 2.75) is 18.3 Å². The fraction of sp³-hybridized carbons (Fsp3) is 0.200. The van der Waals surface area contributed by atoms with E-state index in [0.29, 0.717) is 22.9 Å². The van der Waals surface area contributed by atoms with Crippen LogP contribution in [0.3, 0.4) is 0 Å². The van der Waals surface area contributed by atoms with Gasteiger partial charge in [0.1, 0.15) is 5.75 Å². The van der Waals surface area contributed by atoms with Crippen molar-refractivity contribution in [3.05, 3.63) is 66.4 Å². The van der Waals surface area contributed by atoms with Crippen LogP contribution in [0.15, 0.2) is 65.2 Å². The third-order valence-corrected chi connectivity index (χ3v) is 4.60. The Kier molecular flexibility index (Phi) is 3.76. The summed E-state index contributed by atoms with van der Waals surface area (Å²) in [6.07, 6.45) is 1.52. The molecule has 1 aromatic heterocycles. The van der Waals surface area contributed by atoms with Crippen LogP contribution >= 0.6 is 0 Å². The fourth-order valence-corrected chi connectivity index (χ4v) is 2.95. The molecule has 5 heteroatoms. The number of carbonyl (C=O) groups excluding carboxylic acids is 1. The van der Waals surface area contributed by atoms with Crippen LogP contribution in [0.4, 0.5) is 5.69 Å². The molecule has 1 saturated carbocycles. The second-order valence-electron chi connectivity index (χ2n) is 6.18. The molecule has 0 saturated heterocycles. The zero-order valence-corrected chi connectivity index (χ0v) is 13.9. The summed E-state index contributed by atoms with van der Waals surface area (Å²) in [6.45, 7) is 0. The van der Waals surface area contributed by atoms with Gasteiger partial charge in [-0.05, 0) is 25.0 Å². The van der Waals surface area contributed by atoms with Crippen molar-refractivity contribution in [1.82, 2.24) is 5.16 Å². The maximum Gasteiger partial charge on any atom is 0.236 e. The van der Waals surface area contributed by atoms with E-state index in [0.717, 1.165) is 18.4 Å². The Morgan fingerprint density at radius 1 is 1.12 bits per heavy atom. The lowest BCUT2D eigenvalue weighted by Gasteiger charge is -2.14. The molecule has 0 spiro atoms. The number of carbonyl (C=O) groups is 1. The lowest BCUT2D eigenvalue weighted by molar-refractivity contribution is -0.118. The lowest BCUT2D eigenvalue weighted by Crippen LogP contribution is -2.28. The maximum atomic E-state index is 12.9. The number of hydrogen-bond donors (Lipinski definition) is 1. The molecule has 0 bridgehead atoms. The molecule has 4 rings (SSSR count). The standard InChI is InChI=1S/C20H18N2O3/c1-24-16-10-6-5-9-15(16)21-19(23)20(11-12-20)18-13-17(25-22-18)14-7-3-2-4-8-14/h2-10,13H,11-12H2,1H3,(H,21,23). The minimum atomic E-state index is -0.614. The van der Waals surface area contributed by atoms with Crippen molar-refractivity contribution in [3.8, 4) is 17.1 Å². The molecule has 25 heavy (non-hydrogen) atoms. The molecule has 126 valence electrons. The molecule has 3 aromatic rings. The quantitative estimate of drug-likeness (QED) is 0.765. The molecule has 1 amide bonds. The maximum absolute atomic E-state index is 12.9. The summed E-state index contributed by atoms with van der Waals surface area (Å²) in [5.41, 5.74) is 1.67. The number of rotatable bonds is 5. The monoisotopic (exact) mass is 334 g/mol. The molecule has 1 aliphatic carbocycles. The van der Waals surface area contributed by atoms with E-state index in [1.165, 1.54) is 0 Å². The van der Waals surface area contributed by atoms with Crippen molar-refractivity contribution in [2.24, 2.45) is 0 Å². The van der Waals surface area contributed by atoms with Gasteiger partial charge in [0, 0.05) is 11.6 Å². The number of amides is 1. The van der Waals surface area contributed by atoms with E-state index in [9.17, 15) is 4.79 Å². The molecule has 5 nitrogen and oxygen atoms in total. The van der Waals surface area contributed by atoms with E-state index in [1.807, 2.05) is 60.7 Å². The van der Waals surface area contributed by atoms with Gasteiger partial charge in [0.15, 0.2) is 5.76 Å². The van der Waals surface area contributed by atoms with Gasteiger partial charge >= 0.3 is 0 Å². The van der Waals surface area contributed by atoms with Crippen LogP contribution in [0.5, 0.6) is 5.75 Å². The number of aromatic nitrogens is 1. The van der Waals surface area contributed by atoms with Crippen LogP contribution < -0.4 is 10.1 Å². The summed E-state index contributed by atoms with van der Waals surface area (Å²) in [7, 11) is 1.58. The summed E-state index contributed by atoms with van der Waals surface area (Å²) in [4.78, 5) is 12.9. The van der Waals surface area contributed by atoms with Gasteiger partial charge in [-0.25, -0.2) is 0 Å². The van der Waals surface area contributed by atoms with Crippen molar-refractivity contribution in [2.75, 3.05) is 12.4 Å². The van der Waals surface area contributed by atoms with Crippen LogP contribution in [0.1, 0.15) is 18.5 Å². The van der Waals surface area contributed by atoms with Gasteiger partial charge in [0.05, 0.1) is 23.9 Å². The predicted molar refractivity (Wildman–Crippen MR) is 94.5 cm³/mol. The first-order valence-corrected chi connectivity index (χ1v) is 8.20. The predicted octanol–water partition coefficient (Wildman–Crippen LogP) is 4.02. The normalized spacial score (nSPS) is 14.8. The highest BCUT2D eigenvalue weighted by molar-refractivity contribution is 6.02. The Morgan fingerprint density at radius 2 is 1.84 bits per heavy atom. The third kappa shape index (κ3) is 2.78. The number of benzene rings is 2. The Bertz CT molecular complexity index is 898. The van der Waals surface area contributed by atoms with Gasteiger partial charge in [-0.1, -0.05) is 47.6 Å². The first-order valence-electron chi connectivity index (χ1n) is 8.20. The van der Waals surface area contributed by atoms with Gasteiger partial charge in [-0.15, -0.1) is 0 Å². The van der Waals surface area contributed by atoms with Crippen LogP contribution in [0.2, 0.25) is 0 Å². The van der Waals surface area contributed by atoms with E-state index < -0.39 is 5.41 Å². The van der Waals surface area contributed by atoms with Crippen LogP contribution in [-0.4, -0.2) is 18.2 Å². The zero-order chi connectivity index (χ0) is 17.3. The average molecular weight is 334 g/mol. The lowest BCUT2D eigenvalue weighted by atomic mass is 10.00. The second kappa shape index (κ2) is 6.09. The number of nitrogens with zero attached hydrogens (tertiary/aromatic N) is 1. The fourth-order valence-electron chi connectivity index (χ4n) is 2.95. The molecule has 0 radical (unpaired) electrons. The smallest absolute Gasteiger partial charge is 0.236 e. The number of nitrogens with one attached hydrogen (secondary N) is 1. The molecule has 1 aliphatic rings. The van der Waals surface area contributed by atoms with Gasteiger partial charge in [0.2, 0.25) is 5.91 Å². The van der Waals surface area contributed by atoms with Crippen molar-refractivity contribution in [3.63, 3.8) is 0 Å². The van der Waals surface area contributed by atoms with Gasteiger partial charge in [-0.3, -0.25) is 4.79 Å². The van der Waals surface area contributed by atoms with E-state index in [2.05, 4.69) is 10.5 Å². The summed E-state index contributed by atoms with van der Waals surface area (Å²) in [5.74, 6) is 1.23. The number of ether oxygens (including phenoxy) is 1. The van der Waals surface area contributed by atoms with E-state index in [-0.39, 0.29) is 5.91 Å². The number of methoxy groups -OCH3 is 1. The van der Waals surface area contributed by atoms with Crippen molar-refractivity contribution in [1.29, 1.82) is 0 Å². The largest absolute Gasteiger partial charge is 0.495 e. The topological polar surface area (TPSA) is 64.4 Å². The van der Waals surface area contributed by atoms with Gasteiger partial charge < -0.3 is 14.6 Å². The van der Waals surface area contributed by atoms with Crippen molar-refractivity contribution >= 4 is 11.6 Å². The molecule has 1 heterocycles. The minimum Gasteiger partial charge on any atom is -0.495 e. The Balaban J connectivity index is 1.58. The minimum absolute atomic E-state index is 0.0788. The van der Waals surface area contributed by atoms with Crippen LogP contribution in [0, 0.1) is 0 Å². The van der Waals surface area contributed by atoms with E-state index in [4.69, 9.17) is 9.26 Å². The van der Waals surface area contributed by atoms with E-state index in [1.54, 1.807) is 7.11 Å². The molecular weight excluding hydrogens is 316 g/mol. The third-order valence-electron chi connectivity index (χ3n) is 4.60. The van der Waals surface area contributed by atoms with Crippen LogP contribution in [0.25, 0.3) is 11.3 Å². The van der Waals surface area contributed by atoms with E-state index >= 15 is 0 Å². The Hall–Kier alpha value is -3.08. The number of para-hydroxylation sites is 2. The first kappa shape index (κ1) is 15.4. The zero-order valence-electron chi connectivity index (χ0n) is 13.9. The molecule has 1 fully saturated rings. The second-order valence-corrected chi connectivity index (χ2v) is 6.18.